The third kappa shape index (κ3) is 4.24. The normalized spacial score (nSPS) is 10.7. The molecule has 2 N–H and O–H groups in total. The summed E-state index contributed by atoms with van der Waals surface area (Å²) in [6, 6.07) is 6.80. The summed E-state index contributed by atoms with van der Waals surface area (Å²) < 4.78 is 10.3. The molecule has 8 heteroatoms. The highest BCUT2D eigenvalue weighted by Crippen LogP contribution is 2.29. The highest BCUT2D eigenvalue weighted by Gasteiger charge is 2.12. The van der Waals surface area contributed by atoms with E-state index >= 15 is 0 Å². The molecule has 0 aliphatic heterocycles. The first-order chi connectivity index (χ1) is 11.6. The molecule has 0 unspecified atom stereocenters. The van der Waals surface area contributed by atoms with Crippen molar-refractivity contribution in [2.75, 3.05) is 24.9 Å². The molecule has 1 aromatic carbocycles. The summed E-state index contributed by atoms with van der Waals surface area (Å²) >= 11 is 1.39. The smallest absolute Gasteiger partial charge is 0.267 e. The molecule has 0 aliphatic carbocycles. The number of nitriles is 1. The topological polar surface area (TPSA) is 96.3 Å². The summed E-state index contributed by atoms with van der Waals surface area (Å²) in [5.74, 6) is 0.493. The van der Waals surface area contributed by atoms with Crippen molar-refractivity contribution < 1.29 is 14.3 Å². The number of nitrogens with zero attached hydrogens (tertiary/aromatic N) is 2. The predicted octanol–water partition coefficient (Wildman–Crippen LogP) is 2.93. The maximum absolute atomic E-state index is 12.2. The number of methoxy groups -OCH3 is 2. The zero-order valence-corrected chi connectivity index (χ0v) is 14.2. The van der Waals surface area contributed by atoms with E-state index in [1.807, 2.05) is 18.4 Å². The van der Waals surface area contributed by atoms with Crippen LogP contribution in [0.3, 0.4) is 0 Å². The van der Waals surface area contributed by atoms with Gasteiger partial charge >= 0.3 is 0 Å². The van der Waals surface area contributed by atoms with Crippen LogP contribution in [0.4, 0.5) is 10.8 Å². The second-order valence-corrected chi connectivity index (χ2v) is 5.49. The molecule has 0 spiro atoms. The first kappa shape index (κ1) is 17.3. The van der Waals surface area contributed by atoms with Crippen molar-refractivity contribution >= 4 is 28.1 Å². The Morgan fingerprint density at radius 1 is 1.33 bits per heavy atom. The van der Waals surface area contributed by atoms with E-state index in [1.165, 1.54) is 31.8 Å². The molecule has 7 nitrogen and oxygen atoms in total. The van der Waals surface area contributed by atoms with Crippen molar-refractivity contribution in [3.05, 3.63) is 41.0 Å². The number of anilines is 2. The Kier molecular flexibility index (Phi) is 5.76. The van der Waals surface area contributed by atoms with Crippen LogP contribution in [-0.4, -0.2) is 25.1 Å². The lowest BCUT2D eigenvalue weighted by Gasteiger charge is -2.10. The van der Waals surface area contributed by atoms with Gasteiger partial charge in [-0.2, -0.15) is 5.26 Å². The fourth-order valence-corrected chi connectivity index (χ4v) is 2.47. The van der Waals surface area contributed by atoms with Gasteiger partial charge in [-0.05, 0) is 19.1 Å². The van der Waals surface area contributed by atoms with Gasteiger partial charge in [-0.1, -0.05) is 0 Å². The van der Waals surface area contributed by atoms with E-state index in [4.69, 9.17) is 14.7 Å². The summed E-state index contributed by atoms with van der Waals surface area (Å²) in [7, 11) is 3.03. The van der Waals surface area contributed by atoms with Crippen LogP contribution in [0.1, 0.15) is 5.69 Å². The standard InChI is InChI=1S/C16H16N4O3S/c1-10-9-24-16(19-10)18-8-11(7-17)15(21)20-12-4-5-13(22-2)14(6-12)23-3/h4-6,8-9H,1-3H3,(H,18,19)(H,20,21)/b11-8-. The first-order valence-electron chi connectivity index (χ1n) is 6.89. The fourth-order valence-electron chi connectivity index (χ4n) is 1.82. The minimum absolute atomic E-state index is 0.0716. The quantitative estimate of drug-likeness (QED) is 0.618. The molecule has 0 aliphatic rings. The Bertz CT molecular complexity index is 808. The molecule has 0 saturated heterocycles. The van der Waals surface area contributed by atoms with Crippen LogP contribution in [-0.2, 0) is 4.79 Å². The van der Waals surface area contributed by atoms with Gasteiger partial charge in [0, 0.05) is 23.3 Å². The highest BCUT2D eigenvalue weighted by atomic mass is 32.1. The van der Waals surface area contributed by atoms with E-state index in [0.29, 0.717) is 22.3 Å². The van der Waals surface area contributed by atoms with Crippen molar-refractivity contribution in [2.24, 2.45) is 0 Å². The minimum atomic E-state index is -0.537. The van der Waals surface area contributed by atoms with E-state index in [2.05, 4.69) is 15.6 Å². The van der Waals surface area contributed by atoms with Crippen molar-refractivity contribution in [2.45, 2.75) is 6.92 Å². The Morgan fingerprint density at radius 3 is 2.67 bits per heavy atom. The molecule has 1 amide bonds. The van der Waals surface area contributed by atoms with E-state index in [9.17, 15) is 4.79 Å². The minimum Gasteiger partial charge on any atom is -0.493 e. The van der Waals surface area contributed by atoms with Gasteiger partial charge < -0.3 is 20.1 Å². The number of aryl methyl sites for hydroxylation is 1. The van der Waals surface area contributed by atoms with Crippen LogP contribution >= 0.6 is 11.3 Å². The first-order valence-corrected chi connectivity index (χ1v) is 7.77. The molecule has 124 valence electrons. The Morgan fingerprint density at radius 2 is 2.08 bits per heavy atom. The van der Waals surface area contributed by atoms with Gasteiger partial charge in [0.15, 0.2) is 16.6 Å². The lowest BCUT2D eigenvalue weighted by atomic mass is 10.2. The second kappa shape index (κ2) is 7.99. The summed E-state index contributed by atoms with van der Waals surface area (Å²) in [5.41, 5.74) is 1.28. The molecular weight excluding hydrogens is 328 g/mol. The van der Waals surface area contributed by atoms with Gasteiger partial charge in [-0.25, -0.2) is 4.98 Å². The van der Waals surface area contributed by atoms with Gasteiger partial charge in [-0.3, -0.25) is 4.79 Å². The van der Waals surface area contributed by atoms with Crippen molar-refractivity contribution in [3.8, 4) is 17.6 Å². The van der Waals surface area contributed by atoms with Crippen LogP contribution in [0.25, 0.3) is 0 Å². The summed E-state index contributed by atoms with van der Waals surface area (Å²) in [6.07, 6.45) is 1.33. The van der Waals surface area contributed by atoms with E-state index in [0.717, 1.165) is 5.69 Å². The number of carbonyl (C=O) groups excluding carboxylic acids is 1. The lowest BCUT2D eigenvalue weighted by molar-refractivity contribution is -0.112. The van der Waals surface area contributed by atoms with E-state index < -0.39 is 5.91 Å². The van der Waals surface area contributed by atoms with Crippen molar-refractivity contribution in [1.82, 2.24) is 4.98 Å². The molecule has 0 saturated carbocycles. The third-order valence-corrected chi connectivity index (χ3v) is 3.86. The molecule has 1 aromatic heterocycles. The monoisotopic (exact) mass is 344 g/mol. The molecule has 0 fully saturated rings. The van der Waals surface area contributed by atoms with Crippen molar-refractivity contribution in [3.63, 3.8) is 0 Å². The Hall–Kier alpha value is -3.05. The number of nitrogens with one attached hydrogen (secondary N) is 2. The average molecular weight is 344 g/mol. The maximum atomic E-state index is 12.2. The average Bonchev–Trinajstić information content (AvgIpc) is 3.00. The predicted molar refractivity (Wildman–Crippen MR) is 92.3 cm³/mol. The van der Waals surface area contributed by atoms with Gasteiger partial charge in [0.2, 0.25) is 0 Å². The van der Waals surface area contributed by atoms with Gasteiger partial charge in [0.1, 0.15) is 11.6 Å². The number of rotatable bonds is 6. The van der Waals surface area contributed by atoms with Crippen LogP contribution in [0.2, 0.25) is 0 Å². The molecule has 1 heterocycles. The van der Waals surface area contributed by atoms with Gasteiger partial charge in [0.05, 0.1) is 19.9 Å². The zero-order chi connectivity index (χ0) is 17.5. The maximum Gasteiger partial charge on any atom is 0.267 e. The number of carbonyl (C=O) groups is 1. The third-order valence-electron chi connectivity index (χ3n) is 2.97. The van der Waals surface area contributed by atoms with Crippen molar-refractivity contribution in [1.29, 1.82) is 5.26 Å². The van der Waals surface area contributed by atoms with Crippen LogP contribution < -0.4 is 20.1 Å². The number of thiazole rings is 1. The molecule has 0 atom stereocenters. The number of hydrogen-bond acceptors (Lipinski definition) is 7. The van der Waals surface area contributed by atoms with E-state index in [-0.39, 0.29) is 5.57 Å². The molecule has 24 heavy (non-hydrogen) atoms. The lowest BCUT2D eigenvalue weighted by Crippen LogP contribution is -2.14. The largest absolute Gasteiger partial charge is 0.493 e. The van der Waals surface area contributed by atoms with E-state index in [1.54, 1.807) is 18.2 Å². The fraction of sp³-hybridized carbons (Fsp3) is 0.188. The number of aromatic nitrogens is 1. The summed E-state index contributed by atoms with van der Waals surface area (Å²) in [4.78, 5) is 16.4. The zero-order valence-electron chi connectivity index (χ0n) is 13.4. The number of hydrogen-bond donors (Lipinski definition) is 2. The molecule has 2 rings (SSSR count). The number of benzene rings is 1. The molecule has 0 bridgehead atoms. The highest BCUT2D eigenvalue weighted by molar-refractivity contribution is 7.13. The molecular formula is C16H16N4O3S. The SMILES string of the molecule is COc1ccc(NC(=O)/C(C#N)=C\Nc2nc(C)cs2)cc1OC. The Labute approximate surface area is 143 Å². The van der Waals surface area contributed by atoms with Gasteiger partial charge in [0.25, 0.3) is 5.91 Å². The number of amides is 1. The van der Waals surface area contributed by atoms with Crippen LogP contribution in [0, 0.1) is 18.3 Å². The van der Waals surface area contributed by atoms with Crippen LogP contribution in [0.15, 0.2) is 35.4 Å². The van der Waals surface area contributed by atoms with Gasteiger partial charge in [-0.15, -0.1) is 11.3 Å². The Balaban J connectivity index is 2.10. The number of ether oxygens (including phenoxy) is 2. The molecule has 2 aromatic rings. The second-order valence-electron chi connectivity index (χ2n) is 4.63. The summed E-state index contributed by atoms with van der Waals surface area (Å²) in [6.45, 7) is 1.86. The summed E-state index contributed by atoms with van der Waals surface area (Å²) in [5, 5.41) is 17.1. The molecule has 0 radical (unpaired) electrons. The van der Waals surface area contributed by atoms with Crippen LogP contribution in [0.5, 0.6) is 11.5 Å².